The van der Waals surface area contributed by atoms with Gasteiger partial charge < -0.3 is 4.74 Å². The zero-order valence-electron chi connectivity index (χ0n) is 11.3. The highest BCUT2D eigenvalue weighted by atomic mass is 16.5. The second-order valence-electron chi connectivity index (χ2n) is 4.75. The van der Waals surface area contributed by atoms with Crippen molar-refractivity contribution in [2.45, 2.75) is 26.2 Å². The minimum atomic E-state index is -0.287. The van der Waals surface area contributed by atoms with Crippen LogP contribution in [0.5, 0.6) is 5.75 Å². The third-order valence-corrected chi connectivity index (χ3v) is 3.10. The quantitative estimate of drug-likeness (QED) is 0.610. The summed E-state index contributed by atoms with van der Waals surface area (Å²) in [5.74, 6) is 0.752. The summed E-state index contributed by atoms with van der Waals surface area (Å²) in [4.78, 5) is 10.9. The van der Waals surface area contributed by atoms with E-state index in [0.29, 0.717) is 11.7 Å². The summed E-state index contributed by atoms with van der Waals surface area (Å²) >= 11 is 0. The van der Waals surface area contributed by atoms with E-state index in [0.717, 1.165) is 6.42 Å². The van der Waals surface area contributed by atoms with Crippen LogP contribution in [0.2, 0.25) is 0 Å². The summed E-state index contributed by atoms with van der Waals surface area (Å²) < 4.78 is 5.03. The Bertz CT molecular complexity index is 529. The number of hydrogen-bond donors (Lipinski definition) is 0. The van der Waals surface area contributed by atoms with Gasteiger partial charge in [-0.15, -0.1) is 0 Å². The van der Waals surface area contributed by atoms with Gasteiger partial charge in [0, 0.05) is 6.92 Å². The highest BCUT2D eigenvalue weighted by Crippen LogP contribution is 2.22. The van der Waals surface area contributed by atoms with Crippen LogP contribution in [0.4, 0.5) is 0 Å². The molecular weight excluding hydrogens is 236 g/mol. The standard InChI is InChI=1S/C17H18O2/c1-13(12-15-6-4-3-5-7-15)16-8-10-17(11-9-16)19-14(2)18/h3-11,13H,12H2,1-2H3. The Kier molecular flexibility index (Phi) is 4.35. The van der Waals surface area contributed by atoms with Crippen LogP contribution in [0.15, 0.2) is 54.6 Å². The fourth-order valence-electron chi connectivity index (χ4n) is 2.12. The van der Waals surface area contributed by atoms with Crippen molar-refractivity contribution in [3.63, 3.8) is 0 Å². The fraction of sp³-hybridized carbons (Fsp3) is 0.235. The SMILES string of the molecule is CC(=O)Oc1ccc(C(C)Cc2ccccc2)cc1. The lowest BCUT2D eigenvalue weighted by Gasteiger charge is -2.12. The van der Waals surface area contributed by atoms with Crippen LogP contribution in [-0.2, 0) is 11.2 Å². The maximum absolute atomic E-state index is 10.9. The molecule has 19 heavy (non-hydrogen) atoms. The summed E-state index contributed by atoms with van der Waals surface area (Å²) in [6, 6.07) is 18.2. The molecule has 98 valence electrons. The zero-order chi connectivity index (χ0) is 13.7. The first-order chi connectivity index (χ1) is 9.15. The maximum atomic E-state index is 10.9. The van der Waals surface area contributed by atoms with Crippen LogP contribution in [0, 0.1) is 0 Å². The molecule has 2 nitrogen and oxygen atoms in total. The normalized spacial score (nSPS) is 11.9. The van der Waals surface area contributed by atoms with Crippen LogP contribution < -0.4 is 4.74 Å². The van der Waals surface area contributed by atoms with E-state index in [-0.39, 0.29) is 5.97 Å². The highest BCUT2D eigenvalue weighted by molar-refractivity contribution is 5.69. The van der Waals surface area contributed by atoms with Crippen molar-refractivity contribution < 1.29 is 9.53 Å². The average Bonchev–Trinajstić information content (AvgIpc) is 2.40. The van der Waals surface area contributed by atoms with Gasteiger partial charge in [-0.25, -0.2) is 0 Å². The molecule has 0 aromatic heterocycles. The van der Waals surface area contributed by atoms with E-state index in [1.807, 2.05) is 30.3 Å². The zero-order valence-corrected chi connectivity index (χ0v) is 11.3. The lowest BCUT2D eigenvalue weighted by Crippen LogP contribution is -2.02. The molecule has 1 atom stereocenters. The maximum Gasteiger partial charge on any atom is 0.308 e. The average molecular weight is 254 g/mol. The van der Waals surface area contributed by atoms with E-state index in [9.17, 15) is 4.79 Å². The van der Waals surface area contributed by atoms with Gasteiger partial charge in [0.05, 0.1) is 0 Å². The van der Waals surface area contributed by atoms with Crippen LogP contribution in [-0.4, -0.2) is 5.97 Å². The number of benzene rings is 2. The van der Waals surface area contributed by atoms with Crippen LogP contribution >= 0.6 is 0 Å². The molecule has 0 bridgehead atoms. The smallest absolute Gasteiger partial charge is 0.308 e. The Balaban J connectivity index is 2.03. The fourth-order valence-corrected chi connectivity index (χ4v) is 2.12. The van der Waals surface area contributed by atoms with Crippen molar-refractivity contribution >= 4 is 5.97 Å². The Labute approximate surface area is 114 Å². The van der Waals surface area contributed by atoms with E-state index < -0.39 is 0 Å². The largest absolute Gasteiger partial charge is 0.427 e. The summed E-state index contributed by atoms with van der Waals surface area (Å²) in [6.07, 6.45) is 1.01. The lowest BCUT2D eigenvalue weighted by molar-refractivity contribution is -0.131. The van der Waals surface area contributed by atoms with Gasteiger partial charge in [-0.05, 0) is 35.6 Å². The van der Waals surface area contributed by atoms with Crippen molar-refractivity contribution in [3.05, 3.63) is 65.7 Å². The van der Waals surface area contributed by atoms with Crippen LogP contribution in [0.25, 0.3) is 0 Å². The van der Waals surface area contributed by atoms with Crippen molar-refractivity contribution in [3.8, 4) is 5.75 Å². The van der Waals surface area contributed by atoms with Gasteiger partial charge in [0.15, 0.2) is 0 Å². The molecule has 0 amide bonds. The first kappa shape index (κ1) is 13.3. The molecule has 0 aliphatic carbocycles. The first-order valence-electron chi connectivity index (χ1n) is 6.47. The van der Waals surface area contributed by atoms with Crippen molar-refractivity contribution in [2.75, 3.05) is 0 Å². The first-order valence-corrected chi connectivity index (χ1v) is 6.47. The van der Waals surface area contributed by atoms with Gasteiger partial charge >= 0.3 is 5.97 Å². The van der Waals surface area contributed by atoms with Crippen molar-refractivity contribution in [1.29, 1.82) is 0 Å². The third kappa shape index (κ3) is 3.95. The monoisotopic (exact) mass is 254 g/mol. The number of esters is 1. The molecule has 0 saturated carbocycles. The Morgan fingerprint density at radius 2 is 1.68 bits per heavy atom. The molecule has 0 aliphatic heterocycles. The molecule has 0 fully saturated rings. The van der Waals surface area contributed by atoms with Crippen LogP contribution in [0.3, 0.4) is 0 Å². The molecule has 0 radical (unpaired) electrons. The molecule has 2 aromatic carbocycles. The van der Waals surface area contributed by atoms with E-state index in [2.05, 4.69) is 31.2 Å². The molecule has 0 saturated heterocycles. The van der Waals surface area contributed by atoms with Gasteiger partial charge in [0.1, 0.15) is 5.75 Å². The predicted molar refractivity (Wildman–Crippen MR) is 76.3 cm³/mol. The molecule has 1 unspecified atom stereocenters. The van der Waals surface area contributed by atoms with Gasteiger partial charge in [0.25, 0.3) is 0 Å². The molecule has 2 aromatic rings. The van der Waals surface area contributed by atoms with Crippen molar-refractivity contribution in [1.82, 2.24) is 0 Å². The molecule has 0 heterocycles. The minimum Gasteiger partial charge on any atom is -0.427 e. The van der Waals surface area contributed by atoms with Gasteiger partial charge in [-0.2, -0.15) is 0 Å². The molecule has 0 N–H and O–H groups in total. The highest BCUT2D eigenvalue weighted by Gasteiger charge is 2.07. The Morgan fingerprint density at radius 3 is 2.26 bits per heavy atom. The summed E-state index contributed by atoms with van der Waals surface area (Å²) in [6.45, 7) is 3.61. The van der Waals surface area contributed by atoms with E-state index >= 15 is 0 Å². The molecule has 0 spiro atoms. The molecule has 2 rings (SSSR count). The lowest BCUT2D eigenvalue weighted by atomic mass is 9.94. The number of ether oxygens (including phenoxy) is 1. The van der Waals surface area contributed by atoms with Gasteiger partial charge in [-0.3, -0.25) is 4.79 Å². The summed E-state index contributed by atoms with van der Waals surface area (Å²) in [5.41, 5.74) is 2.58. The van der Waals surface area contributed by atoms with Crippen LogP contribution in [0.1, 0.15) is 30.9 Å². The van der Waals surface area contributed by atoms with E-state index in [4.69, 9.17) is 4.74 Å². The summed E-state index contributed by atoms with van der Waals surface area (Å²) in [7, 11) is 0. The predicted octanol–water partition coefficient (Wildman–Crippen LogP) is 3.96. The van der Waals surface area contributed by atoms with E-state index in [1.165, 1.54) is 18.1 Å². The van der Waals surface area contributed by atoms with Gasteiger partial charge in [-0.1, -0.05) is 49.4 Å². The number of carbonyl (C=O) groups excluding carboxylic acids is 1. The third-order valence-electron chi connectivity index (χ3n) is 3.10. The second kappa shape index (κ2) is 6.19. The number of hydrogen-bond acceptors (Lipinski definition) is 2. The molecular formula is C17H18O2. The number of rotatable bonds is 4. The van der Waals surface area contributed by atoms with Gasteiger partial charge in [0.2, 0.25) is 0 Å². The molecule has 0 aliphatic rings. The topological polar surface area (TPSA) is 26.3 Å². The van der Waals surface area contributed by atoms with E-state index in [1.54, 1.807) is 0 Å². The Hall–Kier alpha value is -2.09. The summed E-state index contributed by atoms with van der Waals surface area (Å²) in [5, 5.41) is 0. The molecule has 2 heteroatoms. The second-order valence-corrected chi connectivity index (χ2v) is 4.75. The Morgan fingerprint density at radius 1 is 1.05 bits per heavy atom. The van der Waals surface area contributed by atoms with Crippen molar-refractivity contribution in [2.24, 2.45) is 0 Å². The minimum absolute atomic E-state index is 0.287. The number of carbonyl (C=O) groups is 1.